The molecule has 3 N–H and O–H groups in total. The third-order valence-electron chi connectivity index (χ3n) is 2.87. The molecule has 0 radical (unpaired) electrons. The number of nitrogens with two attached hydrogens (primary N) is 1. The van der Waals surface area contributed by atoms with Gasteiger partial charge in [0.05, 0.1) is 17.3 Å². The van der Waals surface area contributed by atoms with E-state index in [1.807, 2.05) is 6.92 Å². The molecule has 0 saturated heterocycles. The average Bonchev–Trinajstić information content (AvgIpc) is 2.41. The van der Waals surface area contributed by atoms with Gasteiger partial charge in [-0.1, -0.05) is 37.1 Å². The summed E-state index contributed by atoms with van der Waals surface area (Å²) in [6, 6.07) is 5.19. The maximum atomic E-state index is 11.3. The van der Waals surface area contributed by atoms with Crippen LogP contribution in [-0.2, 0) is 9.59 Å². The van der Waals surface area contributed by atoms with Crippen molar-refractivity contribution in [3.63, 3.8) is 0 Å². The van der Waals surface area contributed by atoms with Gasteiger partial charge < -0.3 is 15.7 Å². The molecule has 0 aromatic heterocycles. The van der Waals surface area contributed by atoms with E-state index in [1.165, 1.54) is 6.08 Å². The standard InChI is InChI=1S/C15H19ClN2O3/c1-2-3-9-18(10-13(17)19)15-11(7-8-14(20)21)5-4-6-12(15)16/h4-8H,2-3,9-10H2,1H3,(H2,17,19)(H,20,21)/b8-7+. The Bertz CT molecular complexity index is 544. The Morgan fingerprint density at radius 3 is 2.71 bits per heavy atom. The quantitative estimate of drug-likeness (QED) is 0.723. The van der Waals surface area contributed by atoms with E-state index in [1.54, 1.807) is 23.1 Å². The fraction of sp³-hybridized carbons (Fsp3) is 0.333. The van der Waals surface area contributed by atoms with Gasteiger partial charge in [0.15, 0.2) is 0 Å². The van der Waals surface area contributed by atoms with E-state index >= 15 is 0 Å². The molecule has 0 aliphatic heterocycles. The molecule has 0 unspecified atom stereocenters. The zero-order chi connectivity index (χ0) is 15.8. The highest BCUT2D eigenvalue weighted by Crippen LogP contribution is 2.31. The van der Waals surface area contributed by atoms with E-state index in [4.69, 9.17) is 22.4 Å². The maximum Gasteiger partial charge on any atom is 0.328 e. The van der Waals surface area contributed by atoms with Crippen LogP contribution < -0.4 is 10.6 Å². The number of hydrogen-bond donors (Lipinski definition) is 2. The van der Waals surface area contributed by atoms with E-state index in [2.05, 4.69) is 0 Å². The Morgan fingerprint density at radius 2 is 2.14 bits per heavy atom. The average molecular weight is 311 g/mol. The van der Waals surface area contributed by atoms with Gasteiger partial charge in [0.1, 0.15) is 0 Å². The lowest BCUT2D eigenvalue weighted by Gasteiger charge is -2.26. The van der Waals surface area contributed by atoms with Crippen LogP contribution >= 0.6 is 11.6 Å². The second-order valence-corrected chi connectivity index (χ2v) is 5.00. The van der Waals surface area contributed by atoms with Crippen LogP contribution in [-0.4, -0.2) is 30.1 Å². The molecule has 0 saturated carbocycles. The first-order chi connectivity index (χ1) is 9.95. The summed E-state index contributed by atoms with van der Waals surface area (Å²) in [5.41, 5.74) is 6.56. The predicted molar refractivity (Wildman–Crippen MR) is 84.4 cm³/mol. The summed E-state index contributed by atoms with van der Waals surface area (Å²) in [5, 5.41) is 9.21. The Kier molecular flexibility index (Phi) is 6.75. The van der Waals surface area contributed by atoms with Gasteiger partial charge in [0, 0.05) is 12.6 Å². The number of amides is 1. The number of carboxylic acid groups (broad SMARTS) is 1. The molecule has 0 aliphatic carbocycles. The van der Waals surface area contributed by atoms with E-state index < -0.39 is 11.9 Å². The number of aliphatic carboxylic acids is 1. The molecule has 1 aromatic carbocycles. The van der Waals surface area contributed by atoms with E-state index in [0.29, 0.717) is 22.8 Å². The number of carbonyl (C=O) groups is 2. The van der Waals surface area contributed by atoms with Crippen molar-refractivity contribution in [2.75, 3.05) is 18.0 Å². The number of anilines is 1. The molecule has 6 heteroatoms. The third-order valence-corrected chi connectivity index (χ3v) is 3.17. The predicted octanol–water partition coefficient (Wildman–Crippen LogP) is 2.53. The number of hydrogen-bond acceptors (Lipinski definition) is 3. The van der Waals surface area contributed by atoms with Crippen molar-refractivity contribution in [1.29, 1.82) is 0 Å². The number of halogens is 1. The van der Waals surface area contributed by atoms with Crippen molar-refractivity contribution < 1.29 is 14.7 Å². The van der Waals surface area contributed by atoms with Crippen molar-refractivity contribution in [3.8, 4) is 0 Å². The van der Waals surface area contributed by atoms with Gasteiger partial charge in [-0.25, -0.2) is 4.79 Å². The first kappa shape index (κ1) is 17.0. The molecule has 0 fully saturated rings. The summed E-state index contributed by atoms with van der Waals surface area (Å²) in [4.78, 5) is 23.7. The van der Waals surface area contributed by atoms with Gasteiger partial charge in [-0.05, 0) is 24.1 Å². The maximum absolute atomic E-state index is 11.3. The number of para-hydroxylation sites is 1. The molecular weight excluding hydrogens is 292 g/mol. The zero-order valence-electron chi connectivity index (χ0n) is 11.9. The second-order valence-electron chi connectivity index (χ2n) is 4.59. The summed E-state index contributed by atoms with van der Waals surface area (Å²) in [6.07, 6.45) is 4.33. The van der Waals surface area contributed by atoms with Crippen LogP contribution in [0.2, 0.25) is 5.02 Å². The van der Waals surface area contributed by atoms with Gasteiger partial charge >= 0.3 is 5.97 Å². The summed E-state index contributed by atoms with van der Waals surface area (Å²) in [5.74, 6) is -1.50. The largest absolute Gasteiger partial charge is 0.478 e. The van der Waals surface area contributed by atoms with Crippen LogP contribution in [0.5, 0.6) is 0 Å². The number of nitrogens with zero attached hydrogens (tertiary/aromatic N) is 1. The van der Waals surface area contributed by atoms with Crippen molar-refractivity contribution in [2.45, 2.75) is 19.8 Å². The monoisotopic (exact) mass is 310 g/mol. The molecule has 1 amide bonds. The molecule has 5 nitrogen and oxygen atoms in total. The summed E-state index contributed by atoms with van der Waals surface area (Å²) < 4.78 is 0. The van der Waals surface area contributed by atoms with Gasteiger partial charge in [-0.3, -0.25) is 4.79 Å². The molecule has 0 heterocycles. The zero-order valence-corrected chi connectivity index (χ0v) is 12.6. The van der Waals surface area contributed by atoms with Crippen LogP contribution in [0.3, 0.4) is 0 Å². The van der Waals surface area contributed by atoms with Gasteiger partial charge in [-0.2, -0.15) is 0 Å². The van der Waals surface area contributed by atoms with E-state index in [-0.39, 0.29) is 6.54 Å². The topological polar surface area (TPSA) is 83.6 Å². The minimum Gasteiger partial charge on any atom is -0.478 e. The molecule has 0 bridgehead atoms. The first-order valence-electron chi connectivity index (χ1n) is 6.68. The van der Waals surface area contributed by atoms with Gasteiger partial charge in [-0.15, -0.1) is 0 Å². The van der Waals surface area contributed by atoms with Crippen LogP contribution in [0.1, 0.15) is 25.3 Å². The number of rotatable bonds is 8. The van der Waals surface area contributed by atoms with Gasteiger partial charge in [0.2, 0.25) is 5.91 Å². The fourth-order valence-electron chi connectivity index (χ4n) is 1.97. The normalized spacial score (nSPS) is 10.8. The van der Waals surface area contributed by atoms with Crippen LogP contribution in [0.4, 0.5) is 5.69 Å². The lowest BCUT2D eigenvalue weighted by Crippen LogP contribution is -2.35. The molecule has 1 aromatic rings. The Labute approximate surface area is 129 Å². The van der Waals surface area contributed by atoms with E-state index in [0.717, 1.165) is 18.9 Å². The van der Waals surface area contributed by atoms with Crippen molar-refractivity contribution in [2.24, 2.45) is 5.73 Å². The number of benzene rings is 1. The van der Waals surface area contributed by atoms with Crippen LogP contribution in [0, 0.1) is 0 Å². The van der Waals surface area contributed by atoms with Crippen molar-refractivity contribution in [3.05, 3.63) is 34.9 Å². The highest BCUT2D eigenvalue weighted by Gasteiger charge is 2.15. The van der Waals surface area contributed by atoms with Crippen molar-refractivity contribution in [1.82, 2.24) is 0 Å². The Morgan fingerprint density at radius 1 is 1.43 bits per heavy atom. The fourth-order valence-corrected chi connectivity index (χ4v) is 2.27. The molecule has 0 aliphatic rings. The van der Waals surface area contributed by atoms with Gasteiger partial charge in [0.25, 0.3) is 0 Å². The lowest BCUT2D eigenvalue weighted by molar-refractivity contribution is -0.131. The lowest BCUT2D eigenvalue weighted by atomic mass is 10.1. The van der Waals surface area contributed by atoms with Crippen molar-refractivity contribution >= 4 is 35.2 Å². The summed E-state index contributed by atoms with van der Waals surface area (Å²) in [7, 11) is 0. The Balaban J connectivity index is 3.20. The minimum atomic E-state index is -1.05. The third kappa shape index (κ3) is 5.47. The highest BCUT2D eigenvalue weighted by molar-refractivity contribution is 6.33. The molecule has 0 atom stereocenters. The second kappa shape index (κ2) is 8.32. The number of carbonyl (C=O) groups excluding carboxylic acids is 1. The molecule has 21 heavy (non-hydrogen) atoms. The van der Waals surface area contributed by atoms with E-state index in [9.17, 15) is 9.59 Å². The summed E-state index contributed by atoms with van der Waals surface area (Å²) >= 11 is 6.23. The first-order valence-corrected chi connectivity index (χ1v) is 7.06. The molecule has 114 valence electrons. The van der Waals surface area contributed by atoms with Crippen LogP contribution in [0.25, 0.3) is 6.08 Å². The highest BCUT2D eigenvalue weighted by atomic mass is 35.5. The number of primary amides is 1. The molecule has 0 spiro atoms. The summed E-state index contributed by atoms with van der Waals surface area (Å²) in [6.45, 7) is 2.70. The smallest absolute Gasteiger partial charge is 0.328 e. The minimum absolute atomic E-state index is 0.0393. The number of carboxylic acids is 1. The van der Waals surface area contributed by atoms with Crippen LogP contribution in [0.15, 0.2) is 24.3 Å². The number of unbranched alkanes of at least 4 members (excludes halogenated alkanes) is 1. The molecule has 1 rings (SSSR count). The SMILES string of the molecule is CCCCN(CC(N)=O)c1c(Cl)cccc1/C=C/C(=O)O. The Hall–Kier alpha value is -2.01. The molecular formula is C15H19ClN2O3.